The molecule has 0 spiro atoms. The third-order valence-corrected chi connectivity index (χ3v) is 5.34. The van der Waals surface area contributed by atoms with E-state index in [1.807, 2.05) is 0 Å². The molecule has 1 aliphatic heterocycles. The number of hydrogen-bond donors (Lipinski definition) is 1. The summed E-state index contributed by atoms with van der Waals surface area (Å²) >= 11 is 5.86. The molecule has 2 aromatic heterocycles. The van der Waals surface area contributed by atoms with Crippen molar-refractivity contribution in [1.82, 2.24) is 24.1 Å². The molecule has 31 heavy (non-hydrogen) atoms. The second-order valence-corrected chi connectivity index (χ2v) is 7.95. The van der Waals surface area contributed by atoms with Crippen molar-refractivity contribution in [3.05, 3.63) is 50.7 Å². The molecular formula is C20H20ClFN6O3. The number of aromatic hydroxyl groups is 1. The van der Waals surface area contributed by atoms with Crippen LogP contribution in [0.1, 0.15) is 16.1 Å². The van der Waals surface area contributed by atoms with Crippen molar-refractivity contribution in [1.29, 1.82) is 0 Å². The van der Waals surface area contributed by atoms with E-state index in [-0.39, 0.29) is 28.5 Å². The van der Waals surface area contributed by atoms with Crippen molar-refractivity contribution in [2.24, 2.45) is 4.99 Å². The maximum Gasteiger partial charge on any atom is 0.280 e. The largest absolute Gasteiger partial charge is 0.505 e. The highest BCUT2D eigenvalue weighted by atomic mass is 35.5. The van der Waals surface area contributed by atoms with Gasteiger partial charge in [-0.15, -0.1) is 5.10 Å². The number of carbonyl (C=O) groups is 1. The second kappa shape index (κ2) is 7.69. The maximum atomic E-state index is 13.5. The first-order valence-corrected chi connectivity index (χ1v) is 9.83. The van der Waals surface area contributed by atoms with Gasteiger partial charge in [0, 0.05) is 34.2 Å². The van der Waals surface area contributed by atoms with E-state index in [4.69, 9.17) is 11.6 Å². The Kier molecular flexibility index (Phi) is 5.18. The second-order valence-electron chi connectivity index (χ2n) is 7.54. The maximum absolute atomic E-state index is 13.5. The van der Waals surface area contributed by atoms with Crippen LogP contribution in [0.2, 0.25) is 5.02 Å². The molecule has 0 saturated carbocycles. The van der Waals surface area contributed by atoms with Crippen molar-refractivity contribution in [2.75, 3.05) is 27.7 Å². The summed E-state index contributed by atoms with van der Waals surface area (Å²) in [5.74, 6) is -1.18. The van der Waals surface area contributed by atoms with Gasteiger partial charge in [0.05, 0.1) is 17.9 Å². The number of benzene rings is 1. The molecule has 0 unspecified atom stereocenters. The van der Waals surface area contributed by atoms with Crippen LogP contribution in [-0.2, 0) is 13.1 Å². The summed E-state index contributed by atoms with van der Waals surface area (Å²) in [5, 5.41) is 15.1. The average molecular weight is 447 g/mol. The zero-order valence-electron chi connectivity index (χ0n) is 17.1. The van der Waals surface area contributed by atoms with Crippen LogP contribution in [0.15, 0.2) is 28.0 Å². The summed E-state index contributed by atoms with van der Waals surface area (Å²) in [6.07, 6.45) is 1.51. The van der Waals surface area contributed by atoms with E-state index in [0.717, 1.165) is 4.68 Å². The first-order chi connectivity index (χ1) is 14.7. The van der Waals surface area contributed by atoms with Crippen LogP contribution in [0.3, 0.4) is 0 Å². The average Bonchev–Trinajstić information content (AvgIpc) is 3.02. The Balaban J connectivity index is 1.97. The molecule has 162 valence electrons. The standard InChI is InChI=1S/C20H20ClFN6O3/c1-25(2)10-23-18-15-14(17(29)16-20(31)26(3)6-7-27(15)16)19(30)28(24-18)9-11-4-5-13(22)12(21)8-11/h4-5,8,10,29H,6-7,9H2,1-3H3. The predicted molar refractivity (Wildman–Crippen MR) is 115 cm³/mol. The molecule has 1 N–H and O–H groups in total. The molecule has 0 saturated heterocycles. The fourth-order valence-electron chi connectivity index (χ4n) is 3.52. The first kappa shape index (κ1) is 20.9. The van der Waals surface area contributed by atoms with E-state index in [0.29, 0.717) is 24.2 Å². The third-order valence-electron chi connectivity index (χ3n) is 5.05. The van der Waals surface area contributed by atoms with Crippen LogP contribution in [-0.4, -0.2) is 69.2 Å². The minimum atomic E-state index is -0.589. The third kappa shape index (κ3) is 3.52. The SMILES string of the molecule is CN(C)C=Nc1nn(Cc2ccc(F)c(Cl)c2)c(=O)c2c(O)c3n(c12)CCN(C)C3=O. The normalized spacial score (nSPS) is 14.0. The van der Waals surface area contributed by atoms with Gasteiger partial charge in [0.15, 0.2) is 17.3 Å². The number of carbonyl (C=O) groups excluding carboxylic acids is 1. The van der Waals surface area contributed by atoms with E-state index >= 15 is 0 Å². The van der Waals surface area contributed by atoms with E-state index in [1.54, 1.807) is 30.6 Å². The molecule has 4 rings (SSSR count). The summed E-state index contributed by atoms with van der Waals surface area (Å²) in [6, 6.07) is 4.10. The summed E-state index contributed by atoms with van der Waals surface area (Å²) < 4.78 is 16.2. The van der Waals surface area contributed by atoms with Gasteiger partial charge < -0.3 is 19.5 Å². The molecule has 9 nitrogen and oxygen atoms in total. The van der Waals surface area contributed by atoms with Crippen molar-refractivity contribution >= 4 is 40.6 Å². The molecule has 0 aliphatic carbocycles. The quantitative estimate of drug-likeness (QED) is 0.489. The molecule has 0 radical (unpaired) electrons. The van der Waals surface area contributed by atoms with E-state index in [9.17, 15) is 19.1 Å². The molecular weight excluding hydrogens is 427 g/mol. The highest BCUT2D eigenvalue weighted by Gasteiger charge is 2.32. The summed E-state index contributed by atoms with van der Waals surface area (Å²) in [7, 11) is 5.18. The lowest BCUT2D eigenvalue weighted by Gasteiger charge is -2.24. The zero-order chi connectivity index (χ0) is 22.4. The molecule has 3 heterocycles. The number of amides is 1. The number of halogens is 2. The Morgan fingerprint density at radius 2 is 2.06 bits per heavy atom. The fourth-order valence-corrected chi connectivity index (χ4v) is 3.73. The summed E-state index contributed by atoms with van der Waals surface area (Å²) in [4.78, 5) is 33.4. The van der Waals surface area contributed by atoms with Crippen molar-refractivity contribution < 1.29 is 14.3 Å². The first-order valence-electron chi connectivity index (χ1n) is 9.45. The van der Waals surface area contributed by atoms with E-state index in [2.05, 4.69) is 10.1 Å². The summed E-state index contributed by atoms with van der Waals surface area (Å²) in [5.41, 5.74) is 0.285. The van der Waals surface area contributed by atoms with Crippen LogP contribution >= 0.6 is 11.6 Å². The van der Waals surface area contributed by atoms with E-state index in [1.165, 1.54) is 29.4 Å². The van der Waals surface area contributed by atoms with Crippen LogP contribution in [0, 0.1) is 5.82 Å². The lowest BCUT2D eigenvalue weighted by Crippen LogP contribution is -2.36. The van der Waals surface area contributed by atoms with Gasteiger partial charge in [-0.05, 0) is 17.7 Å². The molecule has 1 aromatic carbocycles. The number of hydrogen-bond acceptors (Lipinski definition) is 5. The number of aliphatic imine (C=N–C) groups is 1. The minimum Gasteiger partial charge on any atom is -0.505 e. The molecule has 0 fully saturated rings. The molecule has 3 aromatic rings. The van der Waals surface area contributed by atoms with Crippen LogP contribution in [0.25, 0.3) is 10.9 Å². The topological polar surface area (TPSA) is 96.0 Å². The van der Waals surface area contributed by atoms with Crippen molar-refractivity contribution in [3.8, 4) is 5.75 Å². The van der Waals surface area contributed by atoms with Crippen molar-refractivity contribution in [3.63, 3.8) is 0 Å². The van der Waals surface area contributed by atoms with Gasteiger partial charge in [-0.2, -0.15) is 0 Å². The molecule has 11 heteroatoms. The fraction of sp³-hybridized carbons (Fsp3) is 0.300. The number of aromatic nitrogens is 3. The van der Waals surface area contributed by atoms with Gasteiger partial charge in [-0.25, -0.2) is 14.1 Å². The number of fused-ring (bicyclic) bond motifs is 3. The Labute approximate surface area is 181 Å². The highest BCUT2D eigenvalue weighted by molar-refractivity contribution is 6.30. The van der Waals surface area contributed by atoms with Crippen molar-refractivity contribution in [2.45, 2.75) is 13.1 Å². The predicted octanol–water partition coefficient (Wildman–Crippen LogP) is 2.05. The van der Waals surface area contributed by atoms with Gasteiger partial charge in [-0.3, -0.25) is 9.59 Å². The van der Waals surface area contributed by atoms with Gasteiger partial charge in [0.2, 0.25) is 0 Å². The molecule has 1 amide bonds. The smallest absolute Gasteiger partial charge is 0.280 e. The Morgan fingerprint density at radius 3 is 2.74 bits per heavy atom. The number of nitrogens with zero attached hydrogens (tertiary/aromatic N) is 6. The van der Waals surface area contributed by atoms with Crippen LogP contribution in [0.5, 0.6) is 5.75 Å². The van der Waals surface area contributed by atoms with Gasteiger partial charge in [0.25, 0.3) is 11.5 Å². The van der Waals surface area contributed by atoms with Crippen LogP contribution in [0.4, 0.5) is 10.2 Å². The van der Waals surface area contributed by atoms with Gasteiger partial charge >= 0.3 is 0 Å². The van der Waals surface area contributed by atoms with Gasteiger partial charge in [-0.1, -0.05) is 17.7 Å². The lowest BCUT2D eigenvalue weighted by atomic mass is 10.2. The van der Waals surface area contributed by atoms with E-state index < -0.39 is 23.0 Å². The Hall–Kier alpha value is -3.40. The number of likely N-dealkylation sites (N-methyl/N-ethyl adjacent to an activating group) is 1. The zero-order valence-corrected chi connectivity index (χ0v) is 17.9. The monoisotopic (exact) mass is 446 g/mol. The molecule has 0 bridgehead atoms. The summed E-state index contributed by atoms with van der Waals surface area (Å²) in [6.45, 7) is 0.786. The highest BCUT2D eigenvalue weighted by Crippen LogP contribution is 2.36. The Morgan fingerprint density at radius 1 is 1.32 bits per heavy atom. The molecule has 1 aliphatic rings. The lowest BCUT2D eigenvalue weighted by molar-refractivity contribution is 0.0747. The van der Waals surface area contributed by atoms with Crippen LogP contribution < -0.4 is 5.56 Å². The number of rotatable bonds is 4. The van der Waals surface area contributed by atoms with Gasteiger partial charge in [0.1, 0.15) is 16.7 Å². The minimum absolute atomic E-state index is 0.0208. The molecule has 0 atom stereocenters. The Bertz CT molecular complexity index is 1300.